The van der Waals surface area contributed by atoms with Crippen LogP contribution in [0.25, 0.3) is 11.5 Å². The Balaban J connectivity index is 1.55. The number of ether oxygens (including phenoxy) is 1. The summed E-state index contributed by atoms with van der Waals surface area (Å²) >= 11 is 5.96. The summed E-state index contributed by atoms with van der Waals surface area (Å²) in [6, 6.07) is 14.3. The van der Waals surface area contributed by atoms with E-state index in [4.69, 9.17) is 26.5 Å². The number of nitrogens with one attached hydrogen (secondary N) is 1. The largest absolute Gasteiger partial charge is 0.493 e. The predicted octanol–water partition coefficient (Wildman–Crippen LogP) is 4.18. The number of nitrogens with zero attached hydrogens (tertiary/aromatic N) is 4. The second-order valence-electron chi connectivity index (χ2n) is 6.90. The van der Waals surface area contributed by atoms with Crippen LogP contribution in [0.3, 0.4) is 0 Å². The predicted molar refractivity (Wildman–Crippen MR) is 121 cm³/mol. The lowest BCUT2D eigenvalue weighted by molar-refractivity contribution is 0.102. The molecule has 0 saturated carbocycles. The van der Waals surface area contributed by atoms with Crippen LogP contribution in [0.15, 0.2) is 52.9 Å². The number of carbonyl (C=O) groups is 1. The Hall–Kier alpha value is -3.85. The van der Waals surface area contributed by atoms with E-state index in [-0.39, 0.29) is 18.1 Å². The second kappa shape index (κ2) is 9.11. The van der Waals surface area contributed by atoms with Gasteiger partial charge in [-0.25, -0.2) is 9.67 Å². The van der Waals surface area contributed by atoms with Gasteiger partial charge in [-0.3, -0.25) is 4.79 Å². The number of benzene rings is 2. The number of carbonyl (C=O) groups excluding carboxylic acids is 1. The molecule has 2 aromatic heterocycles. The van der Waals surface area contributed by atoms with Crippen molar-refractivity contribution in [3.8, 4) is 17.2 Å². The van der Waals surface area contributed by atoms with E-state index in [2.05, 4.69) is 20.6 Å². The summed E-state index contributed by atoms with van der Waals surface area (Å²) in [4.78, 5) is 17.2. The second-order valence-corrected chi connectivity index (χ2v) is 7.33. The van der Waals surface area contributed by atoms with Crippen molar-refractivity contribution in [3.05, 3.63) is 70.7 Å². The zero-order valence-corrected chi connectivity index (χ0v) is 18.3. The zero-order chi connectivity index (χ0) is 22.7. The van der Waals surface area contributed by atoms with Crippen LogP contribution < -0.4 is 15.8 Å². The summed E-state index contributed by atoms with van der Waals surface area (Å²) < 4.78 is 12.9. The first-order valence-electron chi connectivity index (χ1n) is 9.90. The molecule has 10 heteroatoms. The fraction of sp³-hybridized carbons (Fsp3) is 0.182. The van der Waals surface area contributed by atoms with Gasteiger partial charge in [0, 0.05) is 10.7 Å². The Morgan fingerprint density at radius 2 is 2.06 bits per heavy atom. The fourth-order valence-corrected chi connectivity index (χ4v) is 3.30. The van der Waals surface area contributed by atoms with Crippen LogP contribution in [-0.2, 0) is 6.54 Å². The zero-order valence-electron chi connectivity index (χ0n) is 17.5. The number of oxazole rings is 1. The molecule has 0 aliphatic carbocycles. The van der Waals surface area contributed by atoms with Gasteiger partial charge < -0.3 is 20.2 Å². The third kappa shape index (κ3) is 4.42. The Labute approximate surface area is 189 Å². The van der Waals surface area contributed by atoms with Gasteiger partial charge in [0.05, 0.1) is 18.7 Å². The molecule has 4 aromatic rings. The van der Waals surface area contributed by atoms with E-state index in [0.717, 1.165) is 5.56 Å². The van der Waals surface area contributed by atoms with Crippen molar-refractivity contribution in [3.63, 3.8) is 0 Å². The lowest BCUT2D eigenvalue weighted by Crippen LogP contribution is -2.15. The van der Waals surface area contributed by atoms with Gasteiger partial charge in [0.25, 0.3) is 5.91 Å². The van der Waals surface area contributed by atoms with Crippen LogP contribution in [-0.4, -0.2) is 32.5 Å². The molecule has 2 heterocycles. The van der Waals surface area contributed by atoms with E-state index in [9.17, 15) is 4.79 Å². The molecule has 0 saturated heterocycles. The Morgan fingerprint density at radius 3 is 2.84 bits per heavy atom. The standard InChI is InChI=1S/C22H21ClN6O3/c1-3-31-18-10-5-4-9-16(18)22-26-17(13(2)32-22)12-29-20(24)19(27-28-29)21(30)25-15-8-6-7-14(23)11-15/h4-11H,3,12,24H2,1-2H3,(H,25,30). The van der Waals surface area contributed by atoms with Crippen molar-refractivity contribution >= 4 is 29.0 Å². The molecular formula is C22H21ClN6O3. The monoisotopic (exact) mass is 452 g/mol. The van der Waals surface area contributed by atoms with Crippen LogP contribution in [0.1, 0.15) is 28.9 Å². The van der Waals surface area contributed by atoms with Crippen LogP contribution in [0.2, 0.25) is 5.02 Å². The minimum atomic E-state index is -0.487. The number of hydrogen-bond donors (Lipinski definition) is 2. The Bertz CT molecular complexity index is 1270. The van der Waals surface area contributed by atoms with E-state index in [0.29, 0.717) is 40.4 Å². The van der Waals surface area contributed by atoms with E-state index < -0.39 is 5.91 Å². The van der Waals surface area contributed by atoms with E-state index in [1.54, 1.807) is 31.2 Å². The number of amides is 1. The molecule has 2 aromatic carbocycles. The summed E-state index contributed by atoms with van der Waals surface area (Å²) in [5.41, 5.74) is 8.04. The highest BCUT2D eigenvalue weighted by Crippen LogP contribution is 2.31. The molecular weight excluding hydrogens is 432 g/mol. The SMILES string of the molecule is CCOc1ccccc1-c1nc(Cn2nnc(C(=O)Nc3cccc(Cl)c3)c2N)c(C)o1. The average Bonchev–Trinajstić information content (AvgIpc) is 3.31. The summed E-state index contributed by atoms with van der Waals surface area (Å²) in [5.74, 6) is 1.34. The first kappa shape index (κ1) is 21.4. The number of nitrogens with two attached hydrogens (primary N) is 1. The van der Waals surface area contributed by atoms with Crippen LogP contribution in [0, 0.1) is 6.92 Å². The van der Waals surface area contributed by atoms with Gasteiger partial charge in [0.1, 0.15) is 17.2 Å². The third-order valence-electron chi connectivity index (χ3n) is 4.68. The molecule has 3 N–H and O–H groups in total. The number of halogens is 1. The van der Waals surface area contributed by atoms with Gasteiger partial charge >= 0.3 is 0 Å². The van der Waals surface area contributed by atoms with Gasteiger partial charge in [-0.15, -0.1) is 5.10 Å². The summed E-state index contributed by atoms with van der Waals surface area (Å²) in [6.07, 6.45) is 0. The van der Waals surface area contributed by atoms with Crippen LogP contribution in [0.4, 0.5) is 11.5 Å². The first-order valence-corrected chi connectivity index (χ1v) is 10.3. The van der Waals surface area contributed by atoms with E-state index >= 15 is 0 Å². The highest BCUT2D eigenvalue weighted by Gasteiger charge is 2.21. The maximum atomic E-state index is 12.6. The molecule has 164 valence electrons. The summed E-state index contributed by atoms with van der Waals surface area (Å²) in [7, 11) is 0. The molecule has 0 unspecified atom stereocenters. The number of aromatic nitrogens is 4. The number of rotatable bonds is 7. The van der Waals surface area contributed by atoms with Crippen molar-refractivity contribution in [2.45, 2.75) is 20.4 Å². The van der Waals surface area contributed by atoms with Crippen molar-refractivity contribution in [1.29, 1.82) is 0 Å². The molecule has 9 nitrogen and oxygen atoms in total. The van der Waals surface area contributed by atoms with Crippen LogP contribution in [0.5, 0.6) is 5.75 Å². The molecule has 0 fully saturated rings. The maximum absolute atomic E-state index is 12.6. The average molecular weight is 453 g/mol. The lowest BCUT2D eigenvalue weighted by Gasteiger charge is -2.06. The number of aryl methyl sites for hydroxylation is 1. The quantitative estimate of drug-likeness (QED) is 0.431. The minimum absolute atomic E-state index is 0.00744. The topological polar surface area (TPSA) is 121 Å². The molecule has 0 atom stereocenters. The Morgan fingerprint density at radius 1 is 1.25 bits per heavy atom. The van der Waals surface area contributed by atoms with Gasteiger partial charge in [-0.1, -0.05) is 35.0 Å². The normalized spacial score (nSPS) is 10.8. The molecule has 0 spiro atoms. The highest BCUT2D eigenvalue weighted by molar-refractivity contribution is 6.31. The number of nitrogen functional groups attached to an aromatic ring is 1. The smallest absolute Gasteiger partial charge is 0.280 e. The van der Waals surface area contributed by atoms with Gasteiger partial charge in [0.15, 0.2) is 11.5 Å². The lowest BCUT2D eigenvalue weighted by atomic mass is 10.2. The molecule has 0 aliphatic heterocycles. The molecule has 0 aliphatic rings. The fourth-order valence-electron chi connectivity index (χ4n) is 3.11. The minimum Gasteiger partial charge on any atom is -0.493 e. The van der Waals surface area contributed by atoms with Crippen molar-refractivity contribution in [2.75, 3.05) is 17.7 Å². The first-order chi connectivity index (χ1) is 15.5. The van der Waals surface area contributed by atoms with Crippen molar-refractivity contribution < 1.29 is 13.9 Å². The van der Waals surface area contributed by atoms with E-state index in [1.165, 1.54) is 4.68 Å². The third-order valence-corrected chi connectivity index (χ3v) is 4.92. The number of para-hydroxylation sites is 1. The van der Waals surface area contributed by atoms with Gasteiger partial charge in [0.2, 0.25) is 5.89 Å². The highest BCUT2D eigenvalue weighted by atomic mass is 35.5. The van der Waals surface area contributed by atoms with Crippen molar-refractivity contribution in [2.24, 2.45) is 0 Å². The van der Waals surface area contributed by atoms with Gasteiger partial charge in [-0.2, -0.15) is 0 Å². The molecule has 32 heavy (non-hydrogen) atoms. The van der Waals surface area contributed by atoms with Crippen molar-refractivity contribution in [1.82, 2.24) is 20.0 Å². The van der Waals surface area contributed by atoms with Crippen LogP contribution >= 0.6 is 11.6 Å². The maximum Gasteiger partial charge on any atom is 0.280 e. The van der Waals surface area contributed by atoms with Gasteiger partial charge in [-0.05, 0) is 44.2 Å². The summed E-state index contributed by atoms with van der Waals surface area (Å²) in [5, 5.41) is 11.1. The number of hydrogen-bond acceptors (Lipinski definition) is 7. The molecule has 4 rings (SSSR count). The molecule has 1 amide bonds. The molecule has 0 bridgehead atoms. The van der Waals surface area contributed by atoms with E-state index in [1.807, 2.05) is 31.2 Å². The molecule has 0 radical (unpaired) electrons. The Kier molecular flexibility index (Phi) is 6.09. The summed E-state index contributed by atoms with van der Waals surface area (Å²) in [6.45, 7) is 4.43. The number of anilines is 2.